The number of nitrogens with two attached hydrogens (primary N) is 1. The van der Waals surface area contributed by atoms with E-state index in [0.29, 0.717) is 6.04 Å². The van der Waals surface area contributed by atoms with Crippen molar-refractivity contribution in [2.45, 2.75) is 12.5 Å². The van der Waals surface area contributed by atoms with Gasteiger partial charge >= 0.3 is 0 Å². The lowest BCUT2D eigenvalue weighted by molar-refractivity contribution is -0.122. The molecule has 0 spiro atoms. The highest BCUT2D eigenvalue weighted by Gasteiger charge is 2.23. The van der Waals surface area contributed by atoms with Gasteiger partial charge in [-0.05, 0) is 13.5 Å². The quantitative estimate of drug-likeness (QED) is 0.465. The van der Waals surface area contributed by atoms with Crippen molar-refractivity contribution < 1.29 is 4.79 Å². The summed E-state index contributed by atoms with van der Waals surface area (Å²) in [7, 11) is 1.90. The third-order valence-electron chi connectivity index (χ3n) is 2.16. The fourth-order valence-corrected chi connectivity index (χ4v) is 1.38. The Labute approximate surface area is 66.5 Å². The summed E-state index contributed by atoms with van der Waals surface area (Å²) in [6.07, 6.45) is 0.860. The van der Waals surface area contributed by atoms with E-state index in [0.717, 1.165) is 19.5 Å². The largest absolute Gasteiger partial charge is 0.369 e. The molecule has 0 radical (unpaired) electrons. The fourth-order valence-electron chi connectivity index (χ4n) is 1.38. The minimum atomic E-state index is -0.197. The van der Waals surface area contributed by atoms with Gasteiger partial charge in [-0.1, -0.05) is 0 Å². The number of carbonyl (C=O) groups is 1. The molecule has 11 heavy (non-hydrogen) atoms. The highest BCUT2D eigenvalue weighted by molar-refractivity contribution is 5.77. The lowest BCUT2D eigenvalue weighted by atomic mass is 9.95. The van der Waals surface area contributed by atoms with Crippen LogP contribution in [0.5, 0.6) is 0 Å². The van der Waals surface area contributed by atoms with Gasteiger partial charge in [-0.3, -0.25) is 4.79 Å². The average Bonchev–Trinajstić information content (AvgIpc) is 2.05. The minimum absolute atomic E-state index is 0.00111. The van der Waals surface area contributed by atoms with Gasteiger partial charge in [-0.15, -0.1) is 0 Å². The molecule has 2 atom stereocenters. The molecular formula is C7H15N3O. The molecule has 0 bridgehead atoms. The van der Waals surface area contributed by atoms with Crippen molar-refractivity contribution in [1.29, 1.82) is 0 Å². The molecular weight excluding hydrogens is 142 g/mol. The predicted molar refractivity (Wildman–Crippen MR) is 43.0 cm³/mol. The summed E-state index contributed by atoms with van der Waals surface area (Å²) in [6, 6.07) is 0.390. The number of primary amides is 1. The van der Waals surface area contributed by atoms with E-state index >= 15 is 0 Å². The first-order chi connectivity index (χ1) is 5.24. The molecule has 4 N–H and O–H groups in total. The van der Waals surface area contributed by atoms with Crippen LogP contribution in [-0.2, 0) is 4.79 Å². The van der Waals surface area contributed by atoms with Crippen LogP contribution >= 0.6 is 0 Å². The number of likely N-dealkylation sites (N-methyl/N-ethyl adjacent to an activating group) is 1. The summed E-state index contributed by atoms with van der Waals surface area (Å²) < 4.78 is 0. The molecule has 1 heterocycles. The molecule has 1 rings (SSSR count). The van der Waals surface area contributed by atoms with E-state index in [1.807, 2.05) is 7.05 Å². The summed E-state index contributed by atoms with van der Waals surface area (Å²) in [5.41, 5.74) is 5.18. The Morgan fingerprint density at radius 2 is 2.36 bits per heavy atom. The smallest absolute Gasteiger partial charge is 0.221 e. The van der Waals surface area contributed by atoms with Crippen molar-refractivity contribution in [3.63, 3.8) is 0 Å². The van der Waals surface area contributed by atoms with E-state index in [-0.39, 0.29) is 11.8 Å². The van der Waals surface area contributed by atoms with Crippen molar-refractivity contribution in [1.82, 2.24) is 10.6 Å². The van der Waals surface area contributed by atoms with Crippen molar-refractivity contribution in [3.05, 3.63) is 0 Å². The van der Waals surface area contributed by atoms with Crippen LogP contribution in [0.2, 0.25) is 0 Å². The summed E-state index contributed by atoms with van der Waals surface area (Å²) >= 11 is 0. The van der Waals surface area contributed by atoms with E-state index in [9.17, 15) is 4.79 Å². The second kappa shape index (κ2) is 3.69. The van der Waals surface area contributed by atoms with E-state index < -0.39 is 0 Å². The first-order valence-corrected chi connectivity index (χ1v) is 3.91. The van der Waals surface area contributed by atoms with Gasteiger partial charge in [0.15, 0.2) is 0 Å². The van der Waals surface area contributed by atoms with Crippen molar-refractivity contribution >= 4 is 5.91 Å². The van der Waals surface area contributed by atoms with Gasteiger partial charge < -0.3 is 16.4 Å². The van der Waals surface area contributed by atoms with Gasteiger partial charge in [0.2, 0.25) is 5.91 Å². The minimum Gasteiger partial charge on any atom is -0.369 e. The van der Waals surface area contributed by atoms with Crippen LogP contribution in [0.4, 0.5) is 0 Å². The molecule has 0 aliphatic carbocycles. The summed E-state index contributed by atoms with van der Waals surface area (Å²) in [5, 5.41) is 6.27. The zero-order valence-electron chi connectivity index (χ0n) is 6.76. The summed E-state index contributed by atoms with van der Waals surface area (Å²) in [5.74, 6) is -0.196. The first kappa shape index (κ1) is 8.49. The van der Waals surface area contributed by atoms with E-state index in [1.54, 1.807) is 0 Å². The van der Waals surface area contributed by atoms with Crippen LogP contribution in [0.25, 0.3) is 0 Å². The highest BCUT2D eigenvalue weighted by Crippen LogP contribution is 2.08. The SMILES string of the molecule is CNC1CNCC(C(N)=O)C1. The molecule has 2 unspecified atom stereocenters. The molecule has 64 valence electrons. The zero-order chi connectivity index (χ0) is 8.27. The monoisotopic (exact) mass is 157 g/mol. The normalized spacial score (nSPS) is 31.7. The van der Waals surface area contributed by atoms with Crippen LogP contribution in [0.3, 0.4) is 0 Å². The summed E-state index contributed by atoms with van der Waals surface area (Å²) in [6.45, 7) is 1.66. The van der Waals surface area contributed by atoms with Crippen molar-refractivity contribution in [3.8, 4) is 0 Å². The molecule has 4 heteroatoms. The van der Waals surface area contributed by atoms with E-state index in [1.165, 1.54) is 0 Å². The Bertz CT molecular complexity index is 149. The van der Waals surface area contributed by atoms with Gasteiger partial charge in [0.1, 0.15) is 0 Å². The Morgan fingerprint density at radius 1 is 1.64 bits per heavy atom. The number of nitrogens with one attached hydrogen (secondary N) is 2. The van der Waals surface area contributed by atoms with Crippen molar-refractivity contribution in [2.24, 2.45) is 11.7 Å². The van der Waals surface area contributed by atoms with Crippen LogP contribution < -0.4 is 16.4 Å². The Kier molecular flexibility index (Phi) is 2.84. The second-order valence-corrected chi connectivity index (χ2v) is 2.98. The fraction of sp³-hybridized carbons (Fsp3) is 0.857. The van der Waals surface area contributed by atoms with Gasteiger partial charge in [-0.25, -0.2) is 0 Å². The van der Waals surface area contributed by atoms with E-state index in [2.05, 4.69) is 10.6 Å². The number of piperidine rings is 1. The lowest BCUT2D eigenvalue weighted by Gasteiger charge is -2.27. The first-order valence-electron chi connectivity index (χ1n) is 3.91. The molecule has 0 aromatic rings. The molecule has 1 aliphatic rings. The van der Waals surface area contributed by atoms with Crippen LogP contribution in [0.15, 0.2) is 0 Å². The van der Waals surface area contributed by atoms with Crippen LogP contribution in [0, 0.1) is 5.92 Å². The zero-order valence-corrected chi connectivity index (χ0v) is 6.76. The average molecular weight is 157 g/mol. The molecule has 1 fully saturated rings. The van der Waals surface area contributed by atoms with Crippen LogP contribution in [0.1, 0.15) is 6.42 Å². The number of hydrogen-bond donors (Lipinski definition) is 3. The Morgan fingerprint density at radius 3 is 2.91 bits per heavy atom. The Hall–Kier alpha value is -0.610. The molecule has 0 aromatic carbocycles. The number of hydrogen-bond acceptors (Lipinski definition) is 3. The van der Waals surface area contributed by atoms with Crippen LogP contribution in [-0.4, -0.2) is 32.1 Å². The highest BCUT2D eigenvalue weighted by atomic mass is 16.1. The van der Waals surface area contributed by atoms with Gasteiger partial charge in [0, 0.05) is 19.1 Å². The van der Waals surface area contributed by atoms with Gasteiger partial charge in [0.25, 0.3) is 0 Å². The topological polar surface area (TPSA) is 67.2 Å². The molecule has 1 aliphatic heterocycles. The van der Waals surface area contributed by atoms with Gasteiger partial charge in [0.05, 0.1) is 5.92 Å². The maximum absolute atomic E-state index is 10.8. The molecule has 1 amide bonds. The Balaban J connectivity index is 2.39. The maximum Gasteiger partial charge on any atom is 0.221 e. The number of amides is 1. The summed E-state index contributed by atoms with van der Waals surface area (Å²) in [4.78, 5) is 10.8. The predicted octanol–water partition coefficient (Wildman–Crippen LogP) is -1.33. The third kappa shape index (κ3) is 2.17. The molecule has 0 saturated carbocycles. The second-order valence-electron chi connectivity index (χ2n) is 2.98. The standard InChI is InChI=1S/C7H15N3O/c1-9-6-2-5(7(8)11)3-10-4-6/h5-6,9-10H,2-4H2,1H3,(H2,8,11). The molecule has 4 nitrogen and oxygen atoms in total. The maximum atomic E-state index is 10.8. The molecule has 1 saturated heterocycles. The van der Waals surface area contributed by atoms with Crippen molar-refractivity contribution in [2.75, 3.05) is 20.1 Å². The lowest BCUT2D eigenvalue weighted by Crippen LogP contribution is -2.49. The number of carbonyl (C=O) groups excluding carboxylic acids is 1. The number of rotatable bonds is 2. The molecule has 0 aromatic heterocycles. The van der Waals surface area contributed by atoms with Gasteiger partial charge in [-0.2, -0.15) is 0 Å². The van der Waals surface area contributed by atoms with E-state index in [4.69, 9.17) is 5.73 Å². The third-order valence-corrected chi connectivity index (χ3v) is 2.16.